The second-order valence-corrected chi connectivity index (χ2v) is 6.05. The predicted molar refractivity (Wildman–Crippen MR) is 60.9 cm³/mol. The molecule has 1 N–H and O–H groups in total. The van der Waals surface area contributed by atoms with Gasteiger partial charge in [0.05, 0.1) is 0 Å². The van der Waals surface area contributed by atoms with Gasteiger partial charge in [0.15, 0.2) is 0 Å². The van der Waals surface area contributed by atoms with Crippen LogP contribution in [0.2, 0.25) is 0 Å². The summed E-state index contributed by atoms with van der Waals surface area (Å²) in [4.78, 5) is 10.3. The number of halogens is 2. The molecule has 2 rings (SSSR count). The second-order valence-electron chi connectivity index (χ2n) is 4.19. The average molecular weight is 291 g/mol. The van der Waals surface area contributed by atoms with Crippen LogP contribution in [-0.2, 0) is 14.8 Å². The van der Waals surface area contributed by atoms with Gasteiger partial charge in [-0.1, -0.05) is 0 Å². The average Bonchev–Trinajstić information content (AvgIpc) is 2.77. The van der Waals surface area contributed by atoms with E-state index in [-0.39, 0.29) is 13.0 Å². The second kappa shape index (κ2) is 4.86. The molecule has 19 heavy (non-hydrogen) atoms. The molecule has 1 atom stereocenters. The minimum absolute atomic E-state index is 0.0100. The van der Waals surface area contributed by atoms with Crippen LogP contribution in [0, 0.1) is 11.6 Å². The van der Waals surface area contributed by atoms with Crippen molar-refractivity contribution in [2.75, 3.05) is 6.54 Å². The number of benzene rings is 1. The Hall–Kier alpha value is -1.54. The molecule has 1 aliphatic rings. The summed E-state index contributed by atoms with van der Waals surface area (Å²) < 4.78 is 51.4. The smallest absolute Gasteiger partial charge is 0.322 e. The lowest BCUT2D eigenvalue weighted by atomic mass is 10.2. The van der Waals surface area contributed by atoms with Crippen LogP contribution in [0.5, 0.6) is 0 Å². The Labute approximate surface area is 108 Å². The fourth-order valence-electron chi connectivity index (χ4n) is 2.09. The number of rotatable bonds is 3. The highest BCUT2D eigenvalue weighted by Gasteiger charge is 2.40. The van der Waals surface area contributed by atoms with E-state index in [0.29, 0.717) is 12.5 Å². The molecule has 104 valence electrons. The quantitative estimate of drug-likeness (QED) is 0.908. The van der Waals surface area contributed by atoms with E-state index in [2.05, 4.69) is 0 Å². The lowest BCUT2D eigenvalue weighted by molar-refractivity contribution is -0.140. The van der Waals surface area contributed by atoms with E-state index in [0.717, 1.165) is 16.4 Å². The Bertz CT molecular complexity index is 617. The maximum atomic E-state index is 13.5. The summed E-state index contributed by atoms with van der Waals surface area (Å²) in [6.45, 7) is 0.0100. The maximum absolute atomic E-state index is 13.5. The number of sulfonamides is 1. The zero-order valence-corrected chi connectivity index (χ0v) is 10.5. The van der Waals surface area contributed by atoms with E-state index >= 15 is 0 Å². The van der Waals surface area contributed by atoms with E-state index in [1.807, 2.05) is 0 Å². The number of aliphatic carboxylic acids is 1. The molecular weight excluding hydrogens is 280 g/mol. The number of hydrogen-bond acceptors (Lipinski definition) is 3. The van der Waals surface area contributed by atoms with Gasteiger partial charge in [-0.3, -0.25) is 4.79 Å². The SMILES string of the molecule is O=C(O)[C@H]1CCCN1S(=O)(=O)c1ccc(F)cc1F. The Morgan fingerprint density at radius 3 is 2.63 bits per heavy atom. The van der Waals surface area contributed by atoms with E-state index in [4.69, 9.17) is 5.11 Å². The zero-order valence-electron chi connectivity index (χ0n) is 9.71. The Kier molecular flexibility index (Phi) is 3.55. The molecule has 0 saturated carbocycles. The summed E-state index contributed by atoms with van der Waals surface area (Å²) in [5, 5.41) is 8.95. The maximum Gasteiger partial charge on any atom is 0.322 e. The van der Waals surface area contributed by atoms with Crippen molar-refractivity contribution >= 4 is 16.0 Å². The molecule has 1 saturated heterocycles. The first-order chi connectivity index (χ1) is 8.84. The third kappa shape index (κ3) is 2.45. The third-order valence-corrected chi connectivity index (χ3v) is 4.91. The Morgan fingerprint density at radius 1 is 1.37 bits per heavy atom. The van der Waals surface area contributed by atoms with Gasteiger partial charge >= 0.3 is 5.97 Å². The normalized spacial score (nSPS) is 20.6. The van der Waals surface area contributed by atoms with Crippen molar-refractivity contribution in [2.24, 2.45) is 0 Å². The molecular formula is C11H11F2NO4S. The van der Waals surface area contributed by atoms with Gasteiger partial charge in [-0.05, 0) is 25.0 Å². The molecule has 1 heterocycles. The van der Waals surface area contributed by atoms with E-state index in [1.165, 1.54) is 0 Å². The molecule has 0 aliphatic carbocycles. The molecule has 1 fully saturated rings. The minimum Gasteiger partial charge on any atom is -0.480 e. The van der Waals surface area contributed by atoms with E-state index in [9.17, 15) is 22.0 Å². The van der Waals surface area contributed by atoms with Crippen LogP contribution in [0.25, 0.3) is 0 Å². The lowest BCUT2D eigenvalue weighted by Crippen LogP contribution is -2.40. The molecule has 5 nitrogen and oxygen atoms in total. The summed E-state index contributed by atoms with van der Waals surface area (Å²) in [7, 11) is -4.27. The van der Waals surface area contributed by atoms with Crippen LogP contribution < -0.4 is 0 Å². The fourth-order valence-corrected chi connectivity index (χ4v) is 3.78. The molecule has 0 unspecified atom stereocenters. The minimum atomic E-state index is -4.27. The zero-order chi connectivity index (χ0) is 14.2. The summed E-state index contributed by atoms with van der Waals surface area (Å²) >= 11 is 0. The molecule has 1 aromatic carbocycles. The molecule has 8 heteroatoms. The van der Waals surface area contributed by atoms with E-state index in [1.54, 1.807) is 0 Å². The summed E-state index contributed by atoms with van der Waals surface area (Å²) in [5.74, 6) is -3.40. The first kappa shape index (κ1) is 13.9. The van der Waals surface area contributed by atoms with Gasteiger partial charge in [0.2, 0.25) is 10.0 Å². The number of carboxylic acid groups (broad SMARTS) is 1. The van der Waals surface area contributed by atoms with Crippen molar-refractivity contribution in [1.29, 1.82) is 0 Å². The first-order valence-electron chi connectivity index (χ1n) is 5.54. The molecule has 0 bridgehead atoms. The molecule has 0 aromatic heterocycles. The highest BCUT2D eigenvalue weighted by molar-refractivity contribution is 7.89. The van der Waals surface area contributed by atoms with Crippen LogP contribution >= 0.6 is 0 Å². The van der Waals surface area contributed by atoms with Gasteiger partial charge in [-0.2, -0.15) is 4.31 Å². The molecule has 0 spiro atoms. The fraction of sp³-hybridized carbons (Fsp3) is 0.364. The van der Waals surface area contributed by atoms with Crippen molar-refractivity contribution < 1.29 is 27.1 Å². The molecule has 0 radical (unpaired) electrons. The van der Waals surface area contributed by atoms with Crippen molar-refractivity contribution in [3.63, 3.8) is 0 Å². The van der Waals surface area contributed by atoms with Crippen LogP contribution in [0.3, 0.4) is 0 Å². The molecule has 1 aromatic rings. The van der Waals surface area contributed by atoms with Crippen molar-refractivity contribution in [1.82, 2.24) is 4.31 Å². The third-order valence-electron chi connectivity index (χ3n) is 2.97. The first-order valence-corrected chi connectivity index (χ1v) is 6.98. The van der Waals surface area contributed by atoms with Crippen molar-refractivity contribution in [2.45, 2.75) is 23.8 Å². The van der Waals surface area contributed by atoms with Crippen LogP contribution in [0.4, 0.5) is 8.78 Å². The highest BCUT2D eigenvalue weighted by atomic mass is 32.2. The topological polar surface area (TPSA) is 74.7 Å². The summed E-state index contributed by atoms with van der Waals surface area (Å²) in [6.07, 6.45) is 0.566. The van der Waals surface area contributed by atoms with Gasteiger partial charge in [0.1, 0.15) is 22.6 Å². The van der Waals surface area contributed by atoms with Crippen LogP contribution in [0.15, 0.2) is 23.1 Å². The highest BCUT2D eigenvalue weighted by Crippen LogP contribution is 2.27. The van der Waals surface area contributed by atoms with Crippen LogP contribution in [-0.4, -0.2) is 36.4 Å². The van der Waals surface area contributed by atoms with Crippen molar-refractivity contribution in [3.05, 3.63) is 29.8 Å². The number of carboxylic acids is 1. The Morgan fingerprint density at radius 2 is 2.05 bits per heavy atom. The van der Waals surface area contributed by atoms with Gasteiger partial charge < -0.3 is 5.11 Å². The summed E-state index contributed by atoms with van der Waals surface area (Å²) in [6, 6.07) is 0.882. The molecule has 1 aliphatic heterocycles. The lowest BCUT2D eigenvalue weighted by Gasteiger charge is -2.21. The van der Waals surface area contributed by atoms with Gasteiger partial charge in [0.25, 0.3) is 0 Å². The van der Waals surface area contributed by atoms with Crippen LogP contribution in [0.1, 0.15) is 12.8 Å². The monoisotopic (exact) mass is 291 g/mol. The van der Waals surface area contributed by atoms with Gasteiger partial charge in [0, 0.05) is 12.6 Å². The number of carbonyl (C=O) groups is 1. The van der Waals surface area contributed by atoms with Gasteiger partial charge in [-0.25, -0.2) is 17.2 Å². The van der Waals surface area contributed by atoms with E-state index < -0.39 is 38.6 Å². The van der Waals surface area contributed by atoms with Crippen molar-refractivity contribution in [3.8, 4) is 0 Å². The predicted octanol–water partition coefficient (Wildman–Crippen LogP) is 1.20. The standard InChI is InChI=1S/C11H11F2NO4S/c12-7-3-4-10(8(13)6-7)19(17,18)14-5-1-2-9(14)11(15)16/h3-4,6,9H,1-2,5H2,(H,15,16)/t9-/m1/s1. The number of hydrogen-bond donors (Lipinski definition) is 1. The number of nitrogens with zero attached hydrogens (tertiary/aromatic N) is 1. The van der Waals surface area contributed by atoms with Gasteiger partial charge in [-0.15, -0.1) is 0 Å². The summed E-state index contributed by atoms with van der Waals surface area (Å²) in [5.41, 5.74) is 0. The Balaban J connectivity index is 2.45. The largest absolute Gasteiger partial charge is 0.480 e. The molecule has 0 amide bonds.